The van der Waals surface area contributed by atoms with Gasteiger partial charge < -0.3 is 29.4 Å². The number of carbonyl (C=O) groups excluding carboxylic acids is 4. The van der Waals surface area contributed by atoms with E-state index in [1.54, 1.807) is 17.5 Å². The molecule has 1 aromatic heterocycles. The summed E-state index contributed by atoms with van der Waals surface area (Å²) in [7, 11) is 0. The first kappa shape index (κ1) is 22.8. The van der Waals surface area contributed by atoms with Crippen LogP contribution in [-0.4, -0.2) is 59.9 Å². The molecule has 0 aliphatic carbocycles. The Labute approximate surface area is 171 Å². The largest absolute Gasteiger partial charge is 0.463 e. The number of thiophene rings is 1. The highest BCUT2D eigenvalue weighted by Crippen LogP contribution is 2.40. The minimum Gasteiger partial charge on any atom is -0.463 e. The third-order valence-corrected chi connectivity index (χ3v) is 5.04. The second kappa shape index (κ2) is 9.33. The van der Waals surface area contributed by atoms with E-state index in [0.29, 0.717) is 4.88 Å². The Balaban J connectivity index is 2.56. The minimum absolute atomic E-state index is 0.308. The van der Waals surface area contributed by atoms with Crippen LogP contribution in [0.5, 0.6) is 0 Å². The molecule has 11 heteroatoms. The SMILES string of the molecule is CC(=O)N[C@@H]1[C@@H](OC(C)=O)[C@H](OC(C)=O)[C@@H](COC(C)=O)O[C@]1(O)c1cccs1. The highest BCUT2D eigenvalue weighted by molar-refractivity contribution is 7.10. The maximum atomic E-state index is 11.8. The summed E-state index contributed by atoms with van der Waals surface area (Å²) in [6, 6.07) is 1.92. The van der Waals surface area contributed by atoms with Gasteiger partial charge in [-0.3, -0.25) is 19.2 Å². The molecule has 0 unspecified atom stereocenters. The van der Waals surface area contributed by atoms with E-state index in [9.17, 15) is 24.3 Å². The van der Waals surface area contributed by atoms with E-state index in [1.807, 2.05) is 0 Å². The highest BCUT2D eigenvalue weighted by atomic mass is 32.1. The maximum Gasteiger partial charge on any atom is 0.303 e. The van der Waals surface area contributed by atoms with Gasteiger partial charge in [-0.25, -0.2) is 0 Å². The van der Waals surface area contributed by atoms with Gasteiger partial charge in [0.15, 0.2) is 12.2 Å². The molecule has 0 spiro atoms. The molecule has 2 N–H and O–H groups in total. The van der Waals surface area contributed by atoms with Crippen LogP contribution in [0, 0.1) is 0 Å². The summed E-state index contributed by atoms with van der Waals surface area (Å²) in [5.74, 6) is -4.74. The smallest absolute Gasteiger partial charge is 0.303 e. The van der Waals surface area contributed by atoms with Crippen molar-refractivity contribution >= 4 is 35.2 Å². The predicted molar refractivity (Wildman–Crippen MR) is 98.4 cm³/mol. The third-order valence-electron chi connectivity index (χ3n) is 4.06. The predicted octanol–water partition coefficient (Wildman–Crippen LogP) is 0.223. The molecule has 29 heavy (non-hydrogen) atoms. The van der Waals surface area contributed by atoms with Gasteiger partial charge in [0.25, 0.3) is 0 Å². The van der Waals surface area contributed by atoms with E-state index >= 15 is 0 Å². The molecule has 1 fully saturated rings. The van der Waals surface area contributed by atoms with E-state index < -0.39 is 54.0 Å². The first-order valence-corrected chi connectivity index (χ1v) is 9.61. The molecule has 0 bridgehead atoms. The lowest BCUT2D eigenvalue weighted by molar-refractivity contribution is -0.328. The molecular formula is C18H23NO9S. The zero-order chi connectivity index (χ0) is 21.8. The van der Waals surface area contributed by atoms with Gasteiger partial charge >= 0.3 is 17.9 Å². The number of esters is 3. The van der Waals surface area contributed by atoms with Crippen molar-refractivity contribution in [1.29, 1.82) is 0 Å². The maximum absolute atomic E-state index is 11.8. The summed E-state index contributed by atoms with van der Waals surface area (Å²) in [5, 5.41) is 15.6. The lowest BCUT2D eigenvalue weighted by Gasteiger charge is -2.49. The van der Waals surface area contributed by atoms with Crippen LogP contribution >= 0.6 is 11.3 Å². The van der Waals surface area contributed by atoms with Crippen molar-refractivity contribution in [3.8, 4) is 0 Å². The number of hydrogen-bond acceptors (Lipinski definition) is 10. The third kappa shape index (κ3) is 5.52. The number of rotatable bonds is 6. The van der Waals surface area contributed by atoms with E-state index in [4.69, 9.17) is 18.9 Å². The molecular weight excluding hydrogens is 406 g/mol. The van der Waals surface area contributed by atoms with E-state index in [1.165, 1.54) is 13.8 Å². The Kier molecular flexibility index (Phi) is 7.33. The number of hydrogen-bond donors (Lipinski definition) is 2. The van der Waals surface area contributed by atoms with Gasteiger partial charge in [0.1, 0.15) is 18.8 Å². The van der Waals surface area contributed by atoms with Crippen molar-refractivity contribution in [2.75, 3.05) is 6.61 Å². The number of aliphatic hydroxyl groups is 1. The molecule has 1 aliphatic rings. The van der Waals surface area contributed by atoms with Crippen LogP contribution in [0.3, 0.4) is 0 Å². The van der Waals surface area contributed by atoms with Gasteiger partial charge in [-0.05, 0) is 11.4 Å². The van der Waals surface area contributed by atoms with Crippen LogP contribution in [-0.2, 0) is 43.9 Å². The standard InChI is InChI=1S/C18H23NO9S/c1-9(20)19-17-16(27-12(4)23)15(26-11(3)22)13(8-25-10(2)21)28-18(17,24)14-6-5-7-29-14/h5-7,13,15-17,24H,8H2,1-4H3,(H,19,20)/t13-,15-,16+,17-,18-/m1/s1. The Morgan fingerprint density at radius 3 is 2.21 bits per heavy atom. The number of amides is 1. The molecule has 0 aromatic carbocycles. The van der Waals surface area contributed by atoms with Crippen molar-refractivity contribution in [2.24, 2.45) is 0 Å². The fourth-order valence-corrected chi connectivity index (χ4v) is 3.88. The fourth-order valence-electron chi connectivity index (χ4n) is 3.08. The highest BCUT2D eigenvalue weighted by Gasteiger charge is 2.59. The van der Waals surface area contributed by atoms with Crippen LogP contribution in [0.1, 0.15) is 32.6 Å². The Morgan fingerprint density at radius 1 is 1.10 bits per heavy atom. The molecule has 2 rings (SSSR count). The first-order chi connectivity index (χ1) is 13.5. The molecule has 1 saturated heterocycles. The summed E-state index contributed by atoms with van der Waals surface area (Å²) >= 11 is 1.14. The summed E-state index contributed by atoms with van der Waals surface area (Å²) in [4.78, 5) is 46.9. The molecule has 0 saturated carbocycles. The summed E-state index contributed by atoms with van der Waals surface area (Å²) < 4.78 is 21.4. The van der Waals surface area contributed by atoms with Crippen LogP contribution < -0.4 is 5.32 Å². The van der Waals surface area contributed by atoms with E-state index in [0.717, 1.165) is 25.2 Å². The molecule has 5 atom stereocenters. The lowest BCUT2D eigenvalue weighted by atomic mass is 9.88. The van der Waals surface area contributed by atoms with Gasteiger partial charge in [-0.2, -0.15) is 0 Å². The summed E-state index contributed by atoms with van der Waals surface area (Å²) in [5.41, 5.74) is 0. The quantitative estimate of drug-likeness (QED) is 0.480. The molecule has 1 aromatic rings. The molecule has 10 nitrogen and oxygen atoms in total. The van der Waals surface area contributed by atoms with Gasteiger partial charge in [-0.15, -0.1) is 11.3 Å². The van der Waals surface area contributed by atoms with Crippen LogP contribution in [0.25, 0.3) is 0 Å². The monoisotopic (exact) mass is 429 g/mol. The second-order valence-electron chi connectivity index (χ2n) is 6.46. The summed E-state index contributed by atoms with van der Waals surface area (Å²) in [6.07, 6.45) is -3.75. The Morgan fingerprint density at radius 2 is 1.72 bits per heavy atom. The molecule has 1 amide bonds. The molecule has 0 radical (unpaired) electrons. The normalized spacial score (nSPS) is 28.9. The number of carbonyl (C=O) groups is 4. The van der Waals surface area contributed by atoms with Gasteiger partial charge in [0.2, 0.25) is 11.7 Å². The van der Waals surface area contributed by atoms with Gasteiger partial charge in [0.05, 0.1) is 4.88 Å². The van der Waals surface area contributed by atoms with E-state index in [2.05, 4.69) is 5.32 Å². The van der Waals surface area contributed by atoms with Crippen molar-refractivity contribution in [2.45, 2.75) is 57.8 Å². The number of ether oxygens (including phenoxy) is 4. The molecule has 2 heterocycles. The number of nitrogens with one attached hydrogen (secondary N) is 1. The molecule has 160 valence electrons. The fraction of sp³-hybridized carbons (Fsp3) is 0.556. The second-order valence-corrected chi connectivity index (χ2v) is 7.41. The van der Waals surface area contributed by atoms with Gasteiger partial charge in [-0.1, -0.05) is 6.07 Å². The van der Waals surface area contributed by atoms with Gasteiger partial charge in [0, 0.05) is 27.7 Å². The zero-order valence-corrected chi connectivity index (χ0v) is 17.2. The Hall–Kier alpha value is -2.50. The molecule has 1 aliphatic heterocycles. The average molecular weight is 429 g/mol. The van der Waals surface area contributed by atoms with Crippen molar-refractivity contribution in [3.63, 3.8) is 0 Å². The van der Waals surface area contributed by atoms with Crippen LogP contribution in [0.15, 0.2) is 17.5 Å². The topological polar surface area (TPSA) is 137 Å². The minimum atomic E-state index is -2.14. The van der Waals surface area contributed by atoms with Crippen LogP contribution in [0.4, 0.5) is 0 Å². The van der Waals surface area contributed by atoms with Crippen LogP contribution in [0.2, 0.25) is 0 Å². The lowest BCUT2D eigenvalue weighted by Crippen LogP contribution is -2.70. The zero-order valence-electron chi connectivity index (χ0n) is 16.4. The first-order valence-electron chi connectivity index (χ1n) is 8.73. The summed E-state index contributed by atoms with van der Waals surface area (Å²) in [6.45, 7) is 4.29. The Bertz CT molecular complexity index is 765. The van der Waals surface area contributed by atoms with E-state index in [-0.39, 0.29) is 6.61 Å². The average Bonchev–Trinajstić information content (AvgIpc) is 3.13. The van der Waals surface area contributed by atoms with Crippen molar-refractivity contribution in [1.82, 2.24) is 5.32 Å². The van der Waals surface area contributed by atoms with Crippen molar-refractivity contribution < 1.29 is 43.2 Å². The van der Waals surface area contributed by atoms with Crippen molar-refractivity contribution in [3.05, 3.63) is 22.4 Å².